The van der Waals surface area contributed by atoms with Crippen molar-refractivity contribution >= 4 is 5.91 Å². The summed E-state index contributed by atoms with van der Waals surface area (Å²) in [6.45, 7) is 4.41. The van der Waals surface area contributed by atoms with Crippen molar-refractivity contribution in [1.29, 1.82) is 0 Å². The molecule has 0 radical (unpaired) electrons. The van der Waals surface area contributed by atoms with Crippen LogP contribution >= 0.6 is 0 Å². The van der Waals surface area contributed by atoms with Gasteiger partial charge in [0.2, 0.25) is 11.8 Å². The molecule has 6 nitrogen and oxygen atoms in total. The largest absolute Gasteiger partial charge is 0.437 e. The molecule has 1 amide bonds. The maximum Gasteiger partial charge on any atom is 0.437 e. The molecule has 0 spiro atoms. The van der Waals surface area contributed by atoms with Gasteiger partial charge in [-0.15, -0.1) is 5.10 Å². The molecule has 3 rings (SSSR count). The lowest BCUT2D eigenvalue weighted by molar-refractivity contribution is -0.121. The van der Waals surface area contributed by atoms with Crippen molar-refractivity contribution < 1.29 is 13.6 Å². The molecule has 146 valence electrons. The van der Waals surface area contributed by atoms with Crippen molar-refractivity contribution in [1.82, 2.24) is 15.1 Å². The van der Waals surface area contributed by atoms with Crippen LogP contribution in [0, 0.1) is 19.7 Å². The summed E-state index contributed by atoms with van der Waals surface area (Å²) in [7, 11) is 0. The highest BCUT2D eigenvalue weighted by Gasteiger charge is 2.13. The van der Waals surface area contributed by atoms with E-state index in [4.69, 9.17) is 4.42 Å². The average molecular weight is 383 g/mol. The molecule has 28 heavy (non-hydrogen) atoms. The van der Waals surface area contributed by atoms with Crippen LogP contribution in [0.3, 0.4) is 0 Å². The number of hydrogen-bond donors (Lipinski definition) is 1. The van der Waals surface area contributed by atoms with Crippen LogP contribution in [0.5, 0.6) is 0 Å². The van der Waals surface area contributed by atoms with Crippen LogP contribution in [0.15, 0.2) is 51.7 Å². The third kappa shape index (κ3) is 4.94. The number of rotatable bonds is 7. The molecule has 1 N–H and O–H groups in total. The van der Waals surface area contributed by atoms with Crippen LogP contribution in [-0.4, -0.2) is 22.2 Å². The third-order valence-corrected chi connectivity index (χ3v) is 4.43. The van der Waals surface area contributed by atoms with Gasteiger partial charge < -0.3 is 9.73 Å². The van der Waals surface area contributed by atoms with Gasteiger partial charge in [0.25, 0.3) is 0 Å². The topological polar surface area (TPSA) is 77.1 Å². The van der Waals surface area contributed by atoms with E-state index in [9.17, 15) is 14.0 Å². The molecular formula is C21H22FN3O3. The summed E-state index contributed by atoms with van der Waals surface area (Å²) >= 11 is 0. The molecule has 0 fully saturated rings. The fourth-order valence-corrected chi connectivity index (χ4v) is 2.94. The molecule has 1 aromatic heterocycles. The maximum absolute atomic E-state index is 13.0. The van der Waals surface area contributed by atoms with E-state index in [0.29, 0.717) is 12.1 Å². The van der Waals surface area contributed by atoms with Crippen molar-refractivity contribution in [3.8, 4) is 11.5 Å². The summed E-state index contributed by atoms with van der Waals surface area (Å²) in [5.74, 6) is -1.40. The van der Waals surface area contributed by atoms with Crippen LogP contribution in [-0.2, 0) is 17.8 Å². The molecule has 2 aromatic carbocycles. The SMILES string of the molecule is Cc1ccc(CCCNC(=O)Cn2nc(-c3ccc(F)cc3)oc2=O)c(C)c1. The number of carbonyl (C=O) groups is 1. The summed E-state index contributed by atoms with van der Waals surface area (Å²) in [5, 5.41) is 6.79. The summed E-state index contributed by atoms with van der Waals surface area (Å²) in [4.78, 5) is 24.0. The van der Waals surface area contributed by atoms with Gasteiger partial charge in [0.1, 0.15) is 12.4 Å². The number of hydrogen-bond acceptors (Lipinski definition) is 4. The number of carbonyl (C=O) groups excluding carboxylic acids is 1. The Bertz CT molecular complexity index is 1020. The Labute approximate surface area is 162 Å². The van der Waals surface area contributed by atoms with Gasteiger partial charge >= 0.3 is 5.76 Å². The van der Waals surface area contributed by atoms with E-state index in [0.717, 1.165) is 17.5 Å². The Kier molecular flexibility index (Phi) is 6.03. The summed E-state index contributed by atoms with van der Waals surface area (Å²) in [6.07, 6.45) is 1.66. The highest BCUT2D eigenvalue weighted by molar-refractivity contribution is 5.75. The normalized spacial score (nSPS) is 10.8. The summed E-state index contributed by atoms with van der Waals surface area (Å²) in [5.41, 5.74) is 4.20. The quantitative estimate of drug-likeness (QED) is 0.636. The number of aryl methyl sites for hydroxylation is 3. The second-order valence-electron chi connectivity index (χ2n) is 6.72. The van der Waals surface area contributed by atoms with Crippen LogP contribution < -0.4 is 11.1 Å². The van der Waals surface area contributed by atoms with Gasteiger partial charge in [0.15, 0.2) is 0 Å². The zero-order valence-corrected chi connectivity index (χ0v) is 15.9. The van der Waals surface area contributed by atoms with Crippen LogP contribution in [0.2, 0.25) is 0 Å². The fraction of sp³-hybridized carbons (Fsp3) is 0.286. The molecule has 0 unspecified atom stereocenters. The predicted octanol–water partition coefficient (Wildman–Crippen LogP) is 3.01. The smallest absolute Gasteiger partial charge is 0.388 e. The van der Waals surface area contributed by atoms with Crippen LogP contribution in [0.4, 0.5) is 4.39 Å². The Hall–Kier alpha value is -3.22. The monoisotopic (exact) mass is 383 g/mol. The molecule has 0 aliphatic carbocycles. The van der Waals surface area contributed by atoms with Crippen LogP contribution in [0.1, 0.15) is 23.1 Å². The number of aromatic nitrogens is 2. The Morgan fingerprint density at radius 2 is 1.93 bits per heavy atom. The van der Waals surface area contributed by atoms with E-state index in [-0.39, 0.29) is 18.3 Å². The lowest BCUT2D eigenvalue weighted by atomic mass is 10.0. The highest BCUT2D eigenvalue weighted by Crippen LogP contribution is 2.15. The summed E-state index contributed by atoms with van der Waals surface area (Å²) in [6, 6.07) is 11.7. The zero-order chi connectivity index (χ0) is 20.1. The first-order valence-corrected chi connectivity index (χ1v) is 9.09. The molecule has 7 heteroatoms. The second kappa shape index (κ2) is 8.65. The first-order chi connectivity index (χ1) is 13.4. The Morgan fingerprint density at radius 1 is 1.18 bits per heavy atom. The molecule has 0 bridgehead atoms. The minimum atomic E-state index is -0.732. The van der Waals surface area contributed by atoms with Gasteiger partial charge in [-0.3, -0.25) is 4.79 Å². The Balaban J connectivity index is 1.51. The molecule has 3 aromatic rings. The minimum absolute atomic E-state index is 0.0487. The second-order valence-corrected chi connectivity index (χ2v) is 6.72. The van der Waals surface area contributed by atoms with Crippen molar-refractivity contribution in [2.24, 2.45) is 0 Å². The number of nitrogens with one attached hydrogen (secondary N) is 1. The van der Waals surface area contributed by atoms with E-state index in [2.05, 4.69) is 42.5 Å². The van der Waals surface area contributed by atoms with Crippen LogP contribution in [0.25, 0.3) is 11.5 Å². The number of benzene rings is 2. The Morgan fingerprint density at radius 3 is 2.64 bits per heavy atom. The molecule has 0 saturated heterocycles. The molecule has 1 heterocycles. The first-order valence-electron chi connectivity index (χ1n) is 9.09. The van der Waals surface area contributed by atoms with Gasteiger partial charge in [-0.2, -0.15) is 4.68 Å². The van der Waals surface area contributed by atoms with Gasteiger partial charge in [0, 0.05) is 12.1 Å². The van der Waals surface area contributed by atoms with E-state index in [1.807, 2.05) is 0 Å². The van der Waals surface area contributed by atoms with Crippen molar-refractivity contribution in [3.05, 3.63) is 75.5 Å². The molecule has 0 saturated carbocycles. The lowest BCUT2D eigenvalue weighted by Gasteiger charge is -2.08. The van der Waals surface area contributed by atoms with E-state index in [1.165, 1.54) is 41.0 Å². The maximum atomic E-state index is 13.0. The third-order valence-electron chi connectivity index (χ3n) is 4.43. The molecule has 0 atom stereocenters. The predicted molar refractivity (Wildman–Crippen MR) is 103 cm³/mol. The summed E-state index contributed by atoms with van der Waals surface area (Å²) < 4.78 is 19.0. The highest BCUT2D eigenvalue weighted by atomic mass is 19.1. The van der Waals surface area contributed by atoms with Crippen molar-refractivity contribution in [3.63, 3.8) is 0 Å². The van der Waals surface area contributed by atoms with Gasteiger partial charge in [-0.25, -0.2) is 9.18 Å². The molecule has 0 aliphatic heterocycles. The first kappa shape index (κ1) is 19.5. The number of amides is 1. The van der Waals surface area contributed by atoms with E-state index >= 15 is 0 Å². The minimum Gasteiger partial charge on any atom is -0.388 e. The fourth-order valence-electron chi connectivity index (χ4n) is 2.94. The molecule has 0 aliphatic rings. The van der Waals surface area contributed by atoms with Gasteiger partial charge in [-0.05, 0) is 62.1 Å². The molecular weight excluding hydrogens is 361 g/mol. The van der Waals surface area contributed by atoms with Gasteiger partial charge in [0.05, 0.1) is 0 Å². The van der Waals surface area contributed by atoms with Crippen molar-refractivity contribution in [2.45, 2.75) is 33.2 Å². The number of nitrogens with zero attached hydrogens (tertiary/aromatic N) is 2. The van der Waals surface area contributed by atoms with E-state index in [1.54, 1.807) is 0 Å². The lowest BCUT2D eigenvalue weighted by Crippen LogP contribution is -2.32. The zero-order valence-electron chi connectivity index (χ0n) is 15.9. The standard InChI is InChI=1S/C21H22FN3O3/c1-14-5-6-16(15(2)12-14)4-3-11-23-19(26)13-25-21(27)28-20(24-25)17-7-9-18(22)10-8-17/h5-10,12H,3-4,11,13H2,1-2H3,(H,23,26). The van der Waals surface area contributed by atoms with Gasteiger partial charge in [-0.1, -0.05) is 23.8 Å². The van der Waals surface area contributed by atoms with E-state index < -0.39 is 11.6 Å². The number of halogens is 1. The van der Waals surface area contributed by atoms with Crippen molar-refractivity contribution in [2.75, 3.05) is 6.54 Å². The average Bonchev–Trinajstić information content (AvgIpc) is 3.01.